The molecule has 34 heavy (non-hydrogen) atoms. The van der Waals surface area contributed by atoms with E-state index in [1.807, 2.05) is 19.2 Å². The second-order valence-corrected chi connectivity index (χ2v) is 14.2. The third-order valence-corrected chi connectivity index (χ3v) is 11.7. The minimum absolute atomic E-state index is 0.250. The number of hydrogen-bond acceptors (Lipinski definition) is 9. The standard InChI is InChI=1S/C24H31N7OS.Sn/c1-18-13-22(29-24(28-18)32-21-7-5-4-6-8-21)19(2)33-17-27-23-15-25-20(14-26-23)16-31-11-9-30(3)10-12-31;/h2,13-15,21H,4-12,16H2,1,3H3;. The van der Waals surface area contributed by atoms with Crippen molar-refractivity contribution in [1.82, 2.24) is 29.7 Å². The van der Waals surface area contributed by atoms with Crippen LogP contribution in [0.25, 0.3) is 4.91 Å². The predicted octanol–water partition coefficient (Wildman–Crippen LogP) is 3.47. The van der Waals surface area contributed by atoms with Crippen LogP contribution in [0.5, 0.6) is 6.01 Å². The number of ether oxygens (including phenoxy) is 1. The summed E-state index contributed by atoms with van der Waals surface area (Å²) in [6.45, 7) is 7.24. The molecular formula is C24H31N7OSSn. The first-order chi connectivity index (χ1) is 16.6. The summed E-state index contributed by atoms with van der Waals surface area (Å²) in [7, 11) is 2.17. The van der Waals surface area contributed by atoms with Crippen LogP contribution in [0.2, 0.25) is 0 Å². The van der Waals surface area contributed by atoms with Crippen molar-refractivity contribution in [3.63, 3.8) is 0 Å². The Balaban J connectivity index is 1.19. The summed E-state index contributed by atoms with van der Waals surface area (Å²) in [4.78, 5) is 29.2. The van der Waals surface area contributed by atoms with Crippen LogP contribution in [0, 0.1) is 6.92 Å². The van der Waals surface area contributed by atoms with Gasteiger partial charge in [0.15, 0.2) is 0 Å². The topological polar surface area (TPSA) is 79.6 Å². The van der Waals surface area contributed by atoms with Crippen molar-refractivity contribution >= 4 is 46.7 Å². The van der Waals surface area contributed by atoms with Crippen molar-refractivity contribution in [2.75, 3.05) is 33.2 Å². The molecule has 1 aliphatic carbocycles. The Labute approximate surface area is 215 Å². The Morgan fingerprint density at radius 1 is 1.09 bits per heavy atom. The molecule has 1 saturated carbocycles. The number of aliphatic imine (C=N–C) groups is 1. The Bertz CT molecular complexity index is 1050. The first-order valence-corrected chi connectivity index (χ1v) is 16.0. The van der Waals surface area contributed by atoms with Gasteiger partial charge in [0.25, 0.3) is 0 Å². The molecule has 10 heteroatoms. The third-order valence-electron chi connectivity index (χ3n) is 6.33. The van der Waals surface area contributed by atoms with Crippen LogP contribution >= 0.6 is 11.8 Å². The fourth-order valence-electron chi connectivity index (χ4n) is 4.35. The molecule has 2 aliphatic heterocycles. The number of likely N-dealkylation sites (N-methyl/N-ethyl adjacent to an activating group) is 1. The maximum atomic E-state index is 6.13. The molecule has 0 N–H and O–H groups in total. The Hall–Kier alpha value is -1.56. The molecule has 2 aromatic heterocycles. The molecule has 0 unspecified atom stereocenters. The molecule has 5 rings (SSSR count). The quantitative estimate of drug-likeness (QED) is 0.478. The summed E-state index contributed by atoms with van der Waals surface area (Å²) in [6.07, 6.45) is 9.91. The van der Waals surface area contributed by atoms with Crippen molar-refractivity contribution in [1.29, 1.82) is 0 Å². The number of piperazine rings is 1. The molecule has 3 aliphatic rings. The zero-order chi connectivity index (χ0) is 23.3. The molecule has 2 fully saturated rings. The van der Waals surface area contributed by atoms with Crippen molar-refractivity contribution in [3.8, 4) is 6.01 Å². The Morgan fingerprint density at radius 2 is 1.91 bits per heavy atom. The molecule has 178 valence electrons. The molecule has 0 amide bonds. The molecule has 1 saturated heterocycles. The normalized spacial score (nSPS) is 21.7. The van der Waals surface area contributed by atoms with E-state index in [9.17, 15) is 0 Å². The monoisotopic (exact) mass is 585 g/mol. The fourth-order valence-corrected chi connectivity index (χ4v) is 9.43. The summed E-state index contributed by atoms with van der Waals surface area (Å²) < 4.78 is 9.64. The van der Waals surface area contributed by atoms with Gasteiger partial charge in [-0.3, -0.25) is 0 Å². The van der Waals surface area contributed by atoms with Gasteiger partial charge in [-0.1, -0.05) is 0 Å². The average molecular weight is 584 g/mol. The molecule has 0 aromatic carbocycles. The van der Waals surface area contributed by atoms with Gasteiger partial charge in [-0.25, -0.2) is 0 Å². The van der Waals surface area contributed by atoms with Crippen molar-refractivity contribution in [3.05, 3.63) is 39.6 Å². The van der Waals surface area contributed by atoms with E-state index in [0.717, 1.165) is 62.6 Å². The van der Waals surface area contributed by atoms with Crippen molar-refractivity contribution < 1.29 is 4.74 Å². The Kier molecular flexibility index (Phi) is 8.13. The van der Waals surface area contributed by atoms with Crippen LogP contribution in [0.1, 0.15) is 49.2 Å². The summed E-state index contributed by atoms with van der Waals surface area (Å²) in [5, 5.41) is 0. The van der Waals surface area contributed by atoms with E-state index >= 15 is 0 Å². The first kappa shape index (κ1) is 24.1. The van der Waals surface area contributed by atoms with Crippen LogP contribution in [-0.2, 0) is 6.54 Å². The number of aryl methyl sites for hydroxylation is 1. The average Bonchev–Trinajstić information content (AvgIpc) is 3.31. The van der Waals surface area contributed by atoms with Gasteiger partial charge in [0.05, 0.1) is 0 Å². The van der Waals surface area contributed by atoms with Gasteiger partial charge in [0.2, 0.25) is 0 Å². The van der Waals surface area contributed by atoms with E-state index in [0.29, 0.717) is 11.8 Å². The summed E-state index contributed by atoms with van der Waals surface area (Å²) in [5.74, 6) is 0.695. The zero-order valence-electron chi connectivity index (χ0n) is 19.9. The van der Waals surface area contributed by atoms with E-state index in [1.54, 1.807) is 18.0 Å². The number of hydrogen-bond donors (Lipinski definition) is 0. The van der Waals surface area contributed by atoms with Gasteiger partial charge in [-0.05, 0) is 0 Å². The zero-order valence-corrected chi connectivity index (χ0v) is 23.6. The summed E-state index contributed by atoms with van der Waals surface area (Å²) >= 11 is 0.815. The summed E-state index contributed by atoms with van der Waals surface area (Å²) in [5.41, 5.74) is 2.89. The van der Waals surface area contributed by atoms with E-state index in [-0.39, 0.29) is 6.10 Å². The van der Waals surface area contributed by atoms with Crippen molar-refractivity contribution in [2.45, 2.75) is 51.7 Å². The second kappa shape index (κ2) is 11.4. The maximum absolute atomic E-state index is 6.13. The molecule has 2 aromatic rings. The van der Waals surface area contributed by atoms with Crippen LogP contribution in [0.3, 0.4) is 0 Å². The number of nitrogens with zero attached hydrogens (tertiary/aromatic N) is 7. The third kappa shape index (κ3) is 6.55. The van der Waals surface area contributed by atoms with Gasteiger partial charge in [-0.2, -0.15) is 0 Å². The number of aromatic nitrogens is 4. The van der Waals surface area contributed by atoms with E-state index in [1.165, 1.54) is 27.2 Å². The molecule has 0 atom stereocenters. The fraction of sp³-hybridized carbons (Fsp3) is 0.542. The van der Waals surface area contributed by atoms with Gasteiger partial charge < -0.3 is 0 Å². The van der Waals surface area contributed by atoms with Crippen molar-refractivity contribution in [2.24, 2.45) is 4.99 Å². The molecule has 0 spiro atoms. The van der Waals surface area contributed by atoms with Gasteiger partial charge in [0, 0.05) is 0 Å². The number of rotatable bonds is 6. The van der Waals surface area contributed by atoms with Gasteiger partial charge in [0.1, 0.15) is 0 Å². The van der Waals surface area contributed by atoms with E-state index < -0.39 is 21.1 Å². The number of thioether (sulfide) groups is 1. The molecule has 2 radical (unpaired) electrons. The predicted molar refractivity (Wildman–Crippen MR) is 137 cm³/mol. The van der Waals surface area contributed by atoms with Crippen LogP contribution in [0.4, 0.5) is 5.82 Å². The van der Waals surface area contributed by atoms with E-state index in [2.05, 4.69) is 35.9 Å². The first-order valence-electron chi connectivity index (χ1n) is 12.1. The molecule has 4 heterocycles. The van der Waals surface area contributed by atoms with Gasteiger partial charge in [-0.15, -0.1) is 0 Å². The second-order valence-electron chi connectivity index (χ2n) is 9.17. The molecule has 8 nitrogen and oxygen atoms in total. The summed E-state index contributed by atoms with van der Waals surface area (Å²) in [6, 6.07) is 2.56. The van der Waals surface area contributed by atoms with Crippen LogP contribution in [-0.4, -0.2) is 93.3 Å². The Morgan fingerprint density at radius 3 is 2.68 bits per heavy atom. The minimum atomic E-state index is -0.900. The van der Waals surface area contributed by atoms with Crippen LogP contribution < -0.4 is 4.74 Å². The SMILES string of the molecule is Cc1cc(C2=[CH][Sn][C](=Nc3cnc(CN4CCN(C)CC4)cn3)S2)nc(OC2CCCCC2)n1. The van der Waals surface area contributed by atoms with Gasteiger partial charge >= 0.3 is 217 Å². The molecule has 0 bridgehead atoms. The van der Waals surface area contributed by atoms with Crippen LogP contribution in [0.15, 0.2) is 27.5 Å². The molecular weight excluding hydrogens is 553 g/mol. The van der Waals surface area contributed by atoms with E-state index in [4.69, 9.17) is 14.7 Å².